The van der Waals surface area contributed by atoms with Crippen molar-refractivity contribution in [2.75, 3.05) is 26.6 Å². The summed E-state index contributed by atoms with van der Waals surface area (Å²) >= 11 is 0. The Morgan fingerprint density at radius 2 is 1.68 bits per heavy atom. The summed E-state index contributed by atoms with van der Waals surface area (Å²) in [5.74, 6) is 0.865. The molecule has 0 spiro atoms. The summed E-state index contributed by atoms with van der Waals surface area (Å²) in [6.45, 7) is 1.65. The molecule has 0 fully saturated rings. The number of nitrogens with one attached hydrogen (secondary N) is 2. The number of rotatable bonds is 8. The molecule has 0 aliphatic rings. The molecule has 0 bridgehead atoms. The number of ether oxygens (including phenoxy) is 3. The Balaban J connectivity index is 1.96. The first-order chi connectivity index (χ1) is 13.5. The Morgan fingerprint density at radius 3 is 2.36 bits per heavy atom. The van der Waals surface area contributed by atoms with E-state index < -0.39 is 5.91 Å². The second-order valence-corrected chi connectivity index (χ2v) is 5.81. The maximum atomic E-state index is 12.3. The van der Waals surface area contributed by atoms with Gasteiger partial charge in [0.25, 0.3) is 5.91 Å². The predicted octanol–water partition coefficient (Wildman–Crippen LogP) is 2.85. The van der Waals surface area contributed by atoms with Gasteiger partial charge in [-0.2, -0.15) is 5.10 Å². The lowest BCUT2D eigenvalue weighted by molar-refractivity contribution is -0.115. The van der Waals surface area contributed by atoms with Crippen LogP contribution in [0, 0.1) is 0 Å². The van der Waals surface area contributed by atoms with Crippen molar-refractivity contribution < 1.29 is 23.8 Å². The fourth-order valence-electron chi connectivity index (χ4n) is 2.37. The zero-order chi connectivity index (χ0) is 20.5. The lowest BCUT2D eigenvalue weighted by atomic mass is 10.2. The highest BCUT2D eigenvalue weighted by molar-refractivity contribution is 6.06. The molecule has 0 radical (unpaired) electrons. The maximum Gasteiger partial charge on any atom is 0.275 e. The average molecular weight is 385 g/mol. The first-order valence-electron chi connectivity index (χ1n) is 8.46. The van der Waals surface area contributed by atoms with E-state index in [9.17, 15) is 9.59 Å². The van der Waals surface area contributed by atoms with Gasteiger partial charge in [0.1, 0.15) is 17.2 Å². The Labute approximate surface area is 163 Å². The topological polar surface area (TPSA) is 98.2 Å². The van der Waals surface area contributed by atoms with Crippen LogP contribution in [-0.2, 0) is 4.79 Å². The highest BCUT2D eigenvalue weighted by Crippen LogP contribution is 2.24. The van der Waals surface area contributed by atoms with Crippen LogP contribution in [0.4, 0.5) is 5.69 Å². The van der Waals surface area contributed by atoms with Gasteiger partial charge in [0.05, 0.1) is 33.3 Å². The molecule has 0 saturated heterocycles. The maximum absolute atomic E-state index is 12.3. The molecule has 2 N–H and O–H groups in total. The van der Waals surface area contributed by atoms with E-state index in [1.165, 1.54) is 14.2 Å². The minimum atomic E-state index is -0.452. The molecule has 2 rings (SSSR count). The van der Waals surface area contributed by atoms with Gasteiger partial charge in [-0.15, -0.1) is 0 Å². The number of hydrogen-bond donors (Lipinski definition) is 2. The number of anilines is 1. The van der Waals surface area contributed by atoms with Gasteiger partial charge >= 0.3 is 0 Å². The number of benzene rings is 2. The van der Waals surface area contributed by atoms with Gasteiger partial charge in [-0.05, 0) is 31.2 Å². The number of carbonyl (C=O) groups excluding carboxylic acids is 2. The van der Waals surface area contributed by atoms with Crippen LogP contribution in [0.25, 0.3) is 0 Å². The van der Waals surface area contributed by atoms with E-state index in [0.717, 1.165) is 0 Å². The van der Waals surface area contributed by atoms with E-state index in [1.54, 1.807) is 56.5 Å². The normalized spacial score (nSPS) is 10.8. The van der Waals surface area contributed by atoms with Crippen LogP contribution in [0.1, 0.15) is 23.7 Å². The van der Waals surface area contributed by atoms with Crippen LogP contribution >= 0.6 is 0 Å². The summed E-state index contributed by atoms with van der Waals surface area (Å²) < 4.78 is 15.4. The second kappa shape index (κ2) is 9.96. The molecule has 148 valence electrons. The van der Waals surface area contributed by atoms with Crippen molar-refractivity contribution in [2.45, 2.75) is 13.3 Å². The molecule has 0 saturated carbocycles. The zero-order valence-electron chi connectivity index (χ0n) is 16.2. The number of nitrogens with zero attached hydrogens (tertiary/aromatic N) is 1. The van der Waals surface area contributed by atoms with Crippen molar-refractivity contribution >= 4 is 23.2 Å². The number of carbonyl (C=O) groups is 2. The molecule has 2 amide bonds. The molecule has 2 aromatic rings. The molecule has 0 aromatic heterocycles. The smallest absolute Gasteiger partial charge is 0.275 e. The van der Waals surface area contributed by atoms with E-state index in [2.05, 4.69) is 15.8 Å². The summed E-state index contributed by atoms with van der Waals surface area (Å²) in [4.78, 5) is 24.5. The van der Waals surface area contributed by atoms with Crippen molar-refractivity contribution in [3.63, 3.8) is 0 Å². The van der Waals surface area contributed by atoms with Crippen molar-refractivity contribution in [2.24, 2.45) is 5.10 Å². The molecular formula is C20H23N3O5. The largest absolute Gasteiger partial charge is 0.497 e. The Bertz CT molecular complexity index is 880. The monoisotopic (exact) mass is 385 g/mol. The van der Waals surface area contributed by atoms with E-state index in [4.69, 9.17) is 14.2 Å². The van der Waals surface area contributed by atoms with Crippen LogP contribution in [0.5, 0.6) is 17.2 Å². The van der Waals surface area contributed by atoms with Gasteiger partial charge in [0.15, 0.2) is 0 Å². The lowest BCUT2D eigenvalue weighted by Crippen LogP contribution is -2.22. The molecule has 28 heavy (non-hydrogen) atoms. The summed E-state index contributed by atoms with van der Waals surface area (Å²) in [6, 6.07) is 11.9. The van der Waals surface area contributed by atoms with Crippen LogP contribution in [0.2, 0.25) is 0 Å². The Hall–Kier alpha value is -3.55. The van der Waals surface area contributed by atoms with Gasteiger partial charge in [-0.3, -0.25) is 9.59 Å². The third-order valence-corrected chi connectivity index (χ3v) is 3.77. The van der Waals surface area contributed by atoms with Crippen molar-refractivity contribution in [3.05, 3.63) is 48.0 Å². The average Bonchev–Trinajstić information content (AvgIpc) is 2.71. The molecule has 2 aromatic carbocycles. The molecular weight excluding hydrogens is 362 g/mol. The van der Waals surface area contributed by atoms with Gasteiger partial charge in [0, 0.05) is 23.5 Å². The molecule has 8 nitrogen and oxygen atoms in total. The van der Waals surface area contributed by atoms with Crippen molar-refractivity contribution in [1.82, 2.24) is 5.43 Å². The Morgan fingerprint density at radius 1 is 0.964 bits per heavy atom. The van der Waals surface area contributed by atoms with E-state index in [-0.39, 0.29) is 12.3 Å². The lowest BCUT2D eigenvalue weighted by Gasteiger charge is -2.09. The summed E-state index contributed by atoms with van der Waals surface area (Å²) in [7, 11) is 4.54. The molecule has 0 unspecified atom stereocenters. The standard InChI is InChI=1S/C20H23N3O5/c1-13(10-19(24)21-14-6-5-7-15(11-14)26-2)22-23-20(25)17-9-8-16(27-3)12-18(17)28-4/h5-9,11-12H,10H2,1-4H3,(H,21,24)(H,23,25)/b22-13+. The molecule has 0 heterocycles. The van der Waals surface area contributed by atoms with Crippen molar-refractivity contribution in [3.8, 4) is 17.2 Å². The summed E-state index contributed by atoms with van der Waals surface area (Å²) in [6.07, 6.45) is 0.0250. The quantitative estimate of drug-likeness (QED) is 0.538. The van der Waals surface area contributed by atoms with Crippen LogP contribution in [0.15, 0.2) is 47.6 Å². The van der Waals surface area contributed by atoms with E-state index in [1.807, 2.05) is 0 Å². The predicted molar refractivity (Wildman–Crippen MR) is 106 cm³/mol. The first kappa shape index (κ1) is 20.8. The minimum Gasteiger partial charge on any atom is -0.497 e. The van der Waals surface area contributed by atoms with Gasteiger partial charge in [-0.25, -0.2) is 5.43 Å². The second-order valence-electron chi connectivity index (χ2n) is 5.81. The zero-order valence-corrected chi connectivity index (χ0v) is 16.2. The fourth-order valence-corrected chi connectivity index (χ4v) is 2.37. The van der Waals surface area contributed by atoms with Gasteiger partial charge in [0.2, 0.25) is 5.91 Å². The van der Waals surface area contributed by atoms with E-state index in [0.29, 0.717) is 34.2 Å². The number of methoxy groups -OCH3 is 3. The minimum absolute atomic E-state index is 0.0250. The Kier molecular flexibility index (Phi) is 7.38. The molecule has 0 aliphatic carbocycles. The highest BCUT2D eigenvalue weighted by Gasteiger charge is 2.13. The van der Waals surface area contributed by atoms with Crippen LogP contribution < -0.4 is 25.0 Å². The van der Waals surface area contributed by atoms with Crippen molar-refractivity contribution in [1.29, 1.82) is 0 Å². The third-order valence-electron chi connectivity index (χ3n) is 3.77. The fraction of sp³-hybridized carbons (Fsp3) is 0.250. The number of amides is 2. The van der Waals surface area contributed by atoms with Crippen LogP contribution in [0.3, 0.4) is 0 Å². The van der Waals surface area contributed by atoms with Crippen LogP contribution in [-0.4, -0.2) is 38.9 Å². The number of hydrazone groups is 1. The third kappa shape index (κ3) is 5.73. The SMILES string of the molecule is COc1cccc(NC(=O)C/C(C)=N/NC(=O)c2ccc(OC)cc2OC)c1. The molecule has 0 aliphatic heterocycles. The number of hydrogen-bond acceptors (Lipinski definition) is 6. The highest BCUT2D eigenvalue weighted by atomic mass is 16.5. The molecule has 0 atom stereocenters. The van der Waals surface area contributed by atoms with E-state index >= 15 is 0 Å². The van der Waals surface area contributed by atoms with Gasteiger partial charge in [-0.1, -0.05) is 6.07 Å². The van der Waals surface area contributed by atoms with Gasteiger partial charge < -0.3 is 19.5 Å². The first-order valence-corrected chi connectivity index (χ1v) is 8.46. The summed E-state index contributed by atoms with van der Waals surface area (Å²) in [5, 5.41) is 6.73. The molecule has 8 heteroatoms. The summed E-state index contributed by atoms with van der Waals surface area (Å²) in [5.41, 5.74) is 3.79.